The minimum atomic E-state index is 0.226. The molecule has 0 aliphatic carbocycles. The molecular weight excluding hydrogens is 352 g/mol. The number of ether oxygens (including phenoxy) is 1. The molecule has 2 heterocycles. The van der Waals surface area contributed by atoms with Crippen molar-refractivity contribution in [3.8, 4) is 5.75 Å². The lowest BCUT2D eigenvalue weighted by molar-refractivity contribution is 0.0498. The zero-order chi connectivity index (χ0) is 20.1. The van der Waals surface area contributed by atoms with E-state index >= 15 is 0 Å². The summed E-state index contributed by atoms with van der Waals surface area (Å²) >= 11 is 0. The molecule has 0 spiro atoms. The van der Waals surface area contributed by atoms with Crippen LogP contribution in [0.2, 0.25) is 0 Å². The zero-order valence-electron chi connectivity index (χ0n) is 17.7. The molecule has 0 bridgehead atoms. The number of methoxy groups -OCH3 is 1. The fraction of sp³-hybridized carbons (Fsp3) is 0.591. The van der Waals surface area contributed by atoms with Crippen LogP contribution in [-0.2, 0) is 19.6 Å². The number of hydrogen-bond acceptors (Lipinski definition) is 5. The van der Waals surface area contributed by atoms with Crippen molar-refractivity contribution >= 4 is 0 Å². The second kappa shape index (κ2) is 9.54. The lowest BCUT2D eigenvalue weighted by atomic mass is 10.0. The van der Waals surface area contributed by atoms with Gasteiger partial charge in [0.1, 0.15) is 5.75 Å². The van der Waals surface area contributed by atoms with Gasteiger partial charge >= 0.3 is 0 Å². The third kappa shape index (κ3) is 4.74. The van der Waals surface area contributed by atoms with E-state index in [9.17, 15) is 5.11 Å². The molecule has 0 unspecified atom stereocenters. The van der Waals surface area contributed by atoms with E-state index < -0.39 is 0 Å². The molecular formula is C22H34N4O2. The van der Waals surface area contributed by atoms with Crippen molar-refractivity contribution < 1.29 is 9.84 Å². The molecule has 1 aliphatic heterocycles. The first-order chi connectivity index (χ1) is 13.5. The third-order valence-electron chi connectivity index (χ3n) is 5.89. The number of aliphatic hydroxyl groups excluding tert-OH is 1. The van der Waals surface area contributed by atoms with Crippen LogP contribution in [0.5, 0.6) is 5.75 Å². The molecule has 154 valence electrons. The van der Waals surface area contributed by atoms with Crippen molar-refractivity contribution in [1.82, 2.24) is 19.6 Å². The second-order valence-electron chi connectivity index (χ2n) is 7.75. The van der Waals surface area contributed by atoms with E-state index in [0.29, 0.717) is 6.04 Å². The molecule has 28 heavy (non-hydrogen) atoms. The van der Waals surface area contributed by atoms with Crippen LogP contribution in [0.4, 0.5) is 0 Å². The Bertz CT molecular complexity index is 774. The van der Waals surface area contributed by atoms with Crippen molar-refractivity contribution in [3.63, 3.8) is 0 Å². The lowest BCUT2D eigenvalue weighted by Crippen LogP contribution is -2.52. The summed E-state index contributed by atoms with van der Waals surface area (Å²) in [5, 5.41) is 14.1. The van der Waals surface area contributed by atoms with Crippen molar-refractivity contribution in [3.05, 3.63) is 46.8 Å². The van der Waals surface area contributed by atoms with Gasteiger partial charge in [-0.3, -0.25) is 14.5 Å². The van der Waals surface area contributed by atoms with Crippen LogP contribution in [0.3, 0.4) is 0 Å². The molecule has 1 aliphatic rings. The van der Waals surface area contributed by atoms with Gasteiger partial charge in [-0.25, -0.2) is 0 Å². The van der Waals surface area contributed by atoms with Crippen LogP contribution in [0.15, 0.2) is 24.4 Å². The average molecular weight is 387 g/mol. The second-order valence-corrected chi connectivity index (χ2v) is 7.75. The molecule has 0 amide bonds. The predicted molar refractivity (Wildman–Crippen MR) is 112 cm³/mol. The Labute approximate surface area is 168 Å². The summed E-state index contributed by atoms with van der Waals surface area (Å²) in [7, 11) is 1.71. The summed E-state index contributed by atoms with van der Waals surface area (Å²) in [6.07, 6.45) is 2.81. The SMILES string of the molecule is CCn1ncc(CN2CCN(Cc3ccc(OC)c(C)c3)[C@H](CCO)C2)c1C. The van der Waals surface area contributed by atoms with Crippen LogP contribution in [0.25, 0.3) is 0 Å². The molecule has 0 saturated carbocycles. The van der Waals surface area contributed by atoms with Gasteiger partial charge in [-0.2, -0.15) is 5.10 Å². The standard InChI is InChI=1S/C22H34N4O2/c1-5-26-18(3)20(13-23-26)15-24-9-10-25(21(16-24)8-11-27)14-19-6-7-22(28-4)17(2)12-19/h6-7,12-13,21,27H,5,8-11,14-16H2,1-4H3/t21-/m1/s1. The smallest absolute Gasteiger partial charge is 0.121 e. The first-order valence-corrected chi connectivity index (χ1v) is 10.3. The minimum Gasteiger partial charge on any atom is -0.496 e. The van der Waals surface area contributed by atoms with E-state index in [1.54, 1.807) is 7.11 Å². The summed E-state index contributed by atoms with van der Waals surface area (Å²) in [6.45, 7) is 12.4. The van der Waals surface area contributed by atoms with E-state index in [2.05, 4.69) is 58.6 Å². The van der Waals surface area contributed by atoms with Crippen molar-refractivity contribution in [2.24, 2.45) is 0 Å². The van der Waals surface area contributed by atoms with Gasteiger partial charge in [0.05, 0.1) is 13.3 Å². The molecule has 6 nitrogen and oxygen atoms in total. The number of rotatable bonds is 8. The Morgan fingerprint density at radius 2 is 2.04 bits per heavy atom. The molecule has 2 aromatic rings. The number of benzene rings is 1. The van der Waals surface area contributed by atoms with Gasteiger partial charge in [-0.15, -0.1) is 0 Å². The predicted octanol–water partition coefficient (Wildman–Crippen LogP) is 2.60. The van der Waals surface area contributed by atoms with Gasteiger partial charge in [0.15, 0.2) is 0 Å². The van der Waals surface area contributed by atoms with E-state index in [4.69, 9.17) is 4.74 Å². The minimum absolute atomic E-state index is 0.226. The Morgan fingerprint density at radius 1 is 1.21 bits per heavy atom. The lowest BCUT2D eigenvalue weighted by Gasteiger charge is -2.41. The van der Waals surface area contributed by atoms with Gasteiger partial charge in [0.2, 0.25) is 0 Å². The first-order valence-electron chi connectivity index (χ1n) is 10.3. The summed E-state index contributed by atoms with van der Waals surface area (Å²) in [5.74, 6) is 0.934. The molecule has 1 aromatic carbocycles. The van der Waals surface area contributed by atoms with E-state index in [1.807, 2.05) is 6.20 Å². The van der Waals surface area contributed by atoms with Gasteiger partial charge < -0.3 is 9.84 Å². The van der Waals surface area contributed by atoms with Crippen LogP contribution >= 0.6 is 0 Å². The van der Waals surface area contributed by atoms with Crippen LogP contribution in [0, 0.1) is 13.8 Å². The summed E-state index contributed by atoms with van der Waals surface area (Å²) < 4.78 is 7.44. The first kappa shape index (κ1) is 20.8. The molecule has 1 aromatic heterocycles. The Hall–Kier alpha value is -1.89. The van der Waals surface area contributed by atoms with E-state index in [0.717, 1.165) is 51.4 Å². The summed E-state index contributed by atoms with van der Waals surface area (Å²) in [5.41, 5.74) is 5.04. The number of aliphatic hydroxyl groups is 1. The molecule has 1 fully saturated rings. The van der Waals surface area contributed by atoms with Crippen LogP contribution in [0.1, 0.15) is 35.7 Å². The van der Waals surface area contributed by atoms with Gasteiger partial charge in [-0.1, -0.05) is 12.1 Å². The molecule has 1 N–H and O–H groups in total. The van der Waals surface area contributed by atoms with Gasteiger partial charge in [0.25, 0.3) is 0 Å². The van der Waals surface area contributed by atoms with Gasteiger partial charge in [-0.05, 0) is 44.4 Å². The maximum absolute atomic E-state index is 9.60. The summed E-state index contributed by atoms with van der Waals surface area (Å²) in [4.78, 5) is 5.01. The molecule has 3 rings (SSSR count). The van der Waals surface area contributed by atoms with E-state index in [1.165, 1.54) is 22.4 Å². The quantitative estimate of drug-likeness (QED) is 0.756. The third-order valence-corrected chi connectivity index (χ3v) is 5.89. The Balaban J connectivity index is 1.65. The summed E-state index contributed by atoms with van der Waals surface area (Å²) in [6, 6.07) is 6.78. The fourth-order valence-corrected chi connectivity index (χ4v) is 4.21. The molecule has 6 heteroatoms. The average Bonchev–Trinajstić information content (AvgIpc) is 3.04. The highest BCUT2D eigenvalue weighted by molar-refractivity contribution is 5.36. The number of aryl methyl sites for hydroxylation is 2. The Morgan fingerprint density at radius 3 is 2.68 bits per heavy atom. The molecule has 0 radical (unpaired) electrons. The number of aromatic nitrogens is 2. The fourth-order valence-electron chi connectivity index (χ4n) is 4.21. The molecule has 1 atom stereocenters. The number of nitrogens with zero attached hydrogens (tertiary/aromatic N) is 4. The van der Waals surface area contributed by atoms with Crippen LogP contribution in [-0.4, -0.2) is 64.1 Å². The number of hydrogen-bond donors (Lipinski definition) is 1. The maximum atomic E-state index is 9.60. The van der Waals surface area contributed by atoms with Gasteiger partial charge in [0, 0.05) is 63.2 Å². The monoisotopic (exact) mass is 386 g/mol. The van der Waals surface area contributed by atoms with Crippen molar-refractivity contribution in [2.45, 2.75) is 52.9 Å². The largest absolute Gasteiger partial charge is 0.496 e. The highest BCUT2D eigenvalue weighted by Crippen LogP contribution is 2.23. The zero-order valence-corrected chi connectivity index (χ0v) is 17.7. The molecule has 1 saturated heterocycles. The van der Waals surface area contributed by atoms with E-state index in [-0.39, 0.29) is 6.61 Å². The van der Waals surface area contributed by atoms with Crippen LogP contribution < -0.4 is 4.74 Å². The number of piperazine rings is 1. The topological polar surface area (TPSA) is 53.8 Å². The maximum Gasteiger partial charge on any atom is 0.121 e. The Kier molecular flexibility index (Phi) is 7.10. The normalized spacial score (nSPS) is 18.5. The highest BCUT2D eigenvalue weighted by Gasteiger charge is 2.27. The van der Waals surface area contributed by atoms with Crippen molar-refractivity contribution in [2.75, 3.05) is 33.4 Å². The van der Waals surface area contributed by atoms with Crippen molar-refractivity contribution in [1.29, 1.82) is 0 Å². The highest BCUT2D eigenvalue weighted by atomic mass is 16.5.